The number of nitro benzene ring substituents is 1. The van der Waals surface area contributed by atoms with Gasteiger partial charge in [-0.25, -0.2) is 0 Å². The third kappa shape index (κ3) is 5.35. The molecule has 0 aliphatic carbocycles. The van der Waals surface area contributed by atoms with Crippen LogP contribution in [0, 0.1) is 10.1 Å². The first kappa shape index (κ1) is 15.6. The quantitative estimate of drug-likeness (QED) is 0.496. The van der Waals surface area contributed by atoms with Crippen molar-refractivity contribution in [3.8, 4) is 5.75 Å². The molecule has 5 nitrogen and oxygen atoms in total. The number of hydrogen-bond donors (Lipinski definition) is 1. The molecule has 0 aliphatic heterocycles. The van der Waals surface area contributed by atoms with E-state index in [4.69, 9.17) is 10.5 Å². The van der Waals surface area contributed by atoms with Crippen LogP contribution in [0.1, 0.15) is 5.56 Å². The van der Waals surface area contributed by atoms with Crippen molar-refractivity contribution in [1.29, 1.82) is 0 Å². The zero-order chi connectivity index (χ0) is 14.5. The van der Waals surface area contributed by atoms with Gasteiger partial charge in [-0.1, -0.05) is 6.07 Å². The Morgan fingerprint density at radius 3 is 2.63 bits per heavy atom. The molecule has 0 saturated carbocycles. The highest BCUT2D eigenvalue weighted by molar-refractivity contribution is 8.00. The van der Waals surface area contributed by atoms with E-state index < -0.39 is 10.4 Å². The van der Waals surface area contributed by atoms with Gasteiger partial charge in [-0.2, -0.15) is 13.2 Å². The second kappa shape index (κ2) is 6.62. The molecule has 1 rings (SSSR count). The van der Waals surface area contributed by atoms with Crippen LogP contribution >= 0.6 is 11.8 Å². The summed E-state index contributed by atoms with van der Waals surface area (Å²) in [6.45, 7) is -0.120. The van der Waals surface area contributed by atoms with Crippen molar-refractivity contribution in [2.75, 3.05) is 12.4 Å². The van der Waals surface area contributed by atoms with Crippen LogP contribution in [0.2, 0.25) is 0 Å². The van der Waals surface area contributed by atoms with E-state index in [0.717, 1.165) is 0 Å². The predicted molar refractivity (Wildman–Crippen MR) is 65.0 cm³/mol. The van der Waals surface area contributed by atoms with Crippen molar-refractivity contribution in [2.24, 2.45) is 5.73 Å². The fraction of sp³-hybridized carbons (Fsp3) is 0.400. The lowest BCUT2D eigenvalue weighted by Crippen LogP contribution is -2.08. The number of alkyl halides is 3. The zero-order valence-electron chi connectivity index (χ0n) is 9.64. The number of benzene rings is 1. The van der Waals surface area contributed by atoms with Gasteiger partial charge in [0.1, 0.15) is 0 Å². The Morgan fingerprint density at radius 1 is 1.42 bits per heavy atom. The third-order valence-corrected chi connectivity index (χ3v) is 2.76. The van der Waals surface area contributed by atoms with E-state index in [0.29, 0.717) is 5.56 Å². The highest BCUT2D eigenvalue weighted by Gasteiger charge is 2.27. The van der Waals surface area contributed by atoms with Gasteiger partial charge in [0, 0.05) is 18.4 Å². The van der Waals surface area contributed by atoms with Crippen molar-refractivity contribution < 1.29 is 22.8 Å². The van der Waals surface area contributed by atoms with Crippen molar-refractivity contribution in [3.63, 3.8) is 0 Å². The summed E-state index contributed by atoms with van der Waals surface area (Å²) in [4.78, 5) is 10.1. The lowest BCUT2D eigenvalue weighted by atomic mass is 10.2. The summed E-state index contributed by atoms with van der Waals surface area (Å²) in [5, 5.41) is 10.7. The molecular formula is C10H11F3N2O3S. The molecule has 0 heterocycles. The fourth-order valence-electron chi connectivity index (χ4n) is 1.26. The molecule has 1 aromatic rings. The Labute approximate surface area is 111 Å². The number of thioether (sulfide) groups is 1. The van der Waals surface area contributed by atoms with Crippen molar-refractivity contribution in [2.45, 2.75) is 12.1 Å². The van der Waals surface area contributed by atoms with Crippen LogP contribution in [0.25, 0.3) is 0 Å². The number of rotatable bonds is 6. The van der Waals surface area contributed by atoms with E-state index in [1.165, 1.54) is 18.2 Å². The highest BCUT2D eigenvalue weighted by atomic mass is 32.2. The fourth-order valence-corrected chi connectivity index (χ4v) is 1.66. The molecule has 0 aliphatic rings. The van der Waals surface area contributed by atoms with Crippen LogP contribution in [0.15, 0.2) is 18.2 Å². The van der Waals surface area contributed by atoms with E-state index in [2.05, 4.69) is 0 Å². The molecule has 0 saturated heterocycles. The maximum atomic E-state index is 11.9. The summed E-state index contributed by atoms with van der Waals surface area (Å²) in [6.07, 6.45) is 0. The number of halogens is 3. The molecule has 106 valence electrons. The summed E-state index contributed by atoms with van der Waals surface area (Å²) >= 11 is -0.243. The number of nitrogens with two attached hydrogens (primary N) is 1. The summed E-state index contributed by atoms with van der Waals surface area (Å²) in [6, 6.07) is 4.04. The first-order valence-electron chi connectivity index (χ1n) is 5.14. The SMILES string of the molecule is NCc1ccc([N+](=O)[O-])c(OCCSC(F)(F)F)c1. The number of nitrogens with zero attached hydrogens (tertiary/aromatic N) is 1. The lowest BCUT2D eigenvalue weighted by Gasteiger charge is -2.09. The predicted octanol–water partition coefficient (Wildman–Crippen LogP) is 2.69. The Balaban J connectivity index is 2.67. The van der Waals surface area contributed by atoms with Gasteiger partial charge < -0.3 is 10.5 Å². The van der Waals surface area contributed by atoms with Crippen LogP contribution in [-0.2, 0) is 6.54 Å². The first-order valence-corrected chi connectivity index (χ1v) is 6.13. The molecule has 0 radical (unpaired) electrons. The van der Waals surface area contributed by atoms with Gasteiger partial charge in [-0.05, 0) is 23.4 Å². The average Bonchev–Trinajstić information content (AvgIpc) is 2.33. The minimum Gasteiger partial charge on any atom is -0.486 e. The van der Waals surface area contributed by atoms with Crippen LogP contribution in [0.4, 0.5) is 18.9 Å². The van der Waals surface area contributed by atoms with Crippen LogP contribution in [-0.4, -0.2) is 22.8 Å². The number of nitro groups is 1. The van der Waals surface area contributed by atoms with Crippen LogP contribution in [0.3, 0.4) is 0 Å². The van der Waals surface area contributed by atoms with E-state index in [-0.39, 0.29) is 42.1 Å². The standard InChI is InChI=1S/C10H11F3N2O3S/c11-10(12,13)19-4-3-18-9-5-7(6-14)1-2-8(9)15(16)17/h1-2,5H,3-4,6,14H2. The molecule has 0 bridgehead atoms. The number of ether oxygens (including phenoxy) is 1. The molecule has 0 spiro atoms. The van der Waals surface area contributed by atoms with Gasteiger partial charge in [0.25, 0.3) is 0 Å². The van der Waals surface area contributed by atoms with Gasteiger partial charge in [-0.15, -0.1) is 0 Å². The Kier molecular flexibility index (Phi) is 5.43. The van der Waals surface area contributed by atoms with Gasteiger partial charge >= 0.3 is 11.2 Å². The second-order valence-corrected chi connectivity index (χ2v) is 4.57. The van der Waals surface area contributed by atoms with Crippen molar-refractivity contribution in [1.82, 2.24) is 0 Å². The summed E-state index contributed by atoms with van der Waals surface area (Å²) in [7, 11) is 0. The normalized spacial score (nSPS) is 11.4. The van der Waals surface area contributed by atoms with E-state index in [9.17, 15) is 23.3 Å². The molecule has 1 aromatic carbocycles. The molecule has 19 heavy (non-hydrogen) atoms. The lowest BCUT2D eigenvalue weighted by molar-refractivity contribution is -0.385. The van der Waals surface area contributed by atoms with Crippen molar-refractivity contribution in [3.05, 3.63) is 33.9 Å². The topological polar surface area (TPSA) is 78.4 Å². The third-order valence-electron chi connectivity index (χ3n) is 2.06. The van der Waals surface area contributed by atoms with Crippen LogP contribution < -0.4 is 10.5 Å². The molecule has 9 heteroatoms. The van der Waals surface area contributed by atoms with Gasteiger partial charge in [0.05, 0.1) is 11.5 Å². The van der Waals surface area contributed by atoms with Gasteiger partial charge in [0.15, 0.2) is 5.75 Å². The molecule has 0 fully saturated rings. The smallest absolute Gasteiger partial charge is 0.441 e. The van der Waals surface area contributed by atoms with Crippen LogP contribution in [0.5, 0.6) is 5.75 Å². The minimum absolute atomic E-state index is 0.0734. The first-order chi connectivity index (χ1) is 8.83. The van der Waals surface area contributed by atoms with E-state index >= 15 is 0 Å². The highest BCUT2D eigenvalue weighted by Crippen LogP contribution is 2.31. The molecule has 0 atom stereocenters. The molecule has 0 unspecified atom stereocenters. The molecular weight excluding hydrogens is 285 g/mol. The Bertz CT molecular complexity index is 454. The second-order valence-electron chi connectivity index (χ2n) is 3.41. The van der Waals surface area contributed by atoms with Gasteiger partial charge in [0.2, 0.25) is 0 Å². The Morgan fingerprint density at radius 2 is 2.11 bits per heavy atom. The summed E-state index contributed by atoms with van der Waals surface area (Å²) in [5.41, 5.74) is 1.34. The average molecular weight is 296 g/mol. The zero-order valence-corrected chi connectivity index (χ0v) is 10.5. The maximum Gasteiger partial charge on any atom is 0.441 e. The maximum absolute atomic E-state index is 11.9. The van der Waals surface area contributed by atoms with Crippen molar-refractivity contribution >= 4 is 17.4 Å². The minimum atomic E-state index is -4.34. The summed E-state index contributed by atoms with van der Waals surface area (Å²) < 4.78 is 40.7. The molecule has 0 aromatic heterocycles. The Hall–Kier alpha value is -1.48. The largest absolute Gasteiger partial charge is 0.486 e. The van der Waals surface area contributed by atoms with Gasteiger partial charge in [-0.3, -0.25) is 10.1 Å². The summed E-state index contributed by atoms with van der Waals surface area (Å²) in [5.74, 6) is -0.413. The monoisotopic (exact) mass is 296 g/mol. The van der Waals surface area contributed by atoms with E-state index in [1.54, 1.807) is 0 Å². The van der Waals surface area contributed by atoms with E-state index in [1.807, 2.05) is 0 Å². The molecule has 0 amide bonds. The molecule has 2 N–H and O–H groups in total. The number of hydrogen-bond acceptors (Lipinski definition) is 5.